The van der Waals surface area contributed by atoms with Gasteiger partial charge in [0.2, 0.25) is 0 Å². The Kier molecular flexibility index (Phi) is 1.86. The smallest absolute Gasteiger partial charge is 0.317 e. The van der Waals surface area contributed by atoms with Crippen molar-refractivity contribution in [1.82, 2.24) is 10.2 Å². The van der Waals surface area contributed by atoms with Crippen LogP contribution in [0.15, 0.2) is 0 Å². The third-order valence-corrected chi connectivity index (χ3v) is 2.82. The maximum atomic E-state index is 11.2. The van der Waals surface area contributed by atoms with Gasteiger partial charge in [0, 0.05) is 13.1 Å². The predicted octanol–water partition coefficient (Wildman–Crippen LogP) is -0.125. The number of hydrogen-bond acceptors (Lipinski definition) is 2. The van der Waals surface area contributed by atoms with Crippen LogP contribution in [0, 0.1) is 5.92 Å². The Balaban J connectivity index is 2.16. The number of nitrogens with one attached hydrogen (secondary N) is 1. The summed E-state index contributed by atoms with van der Waals surface area (Å²) in [6, 6.07) is -0.241. The lowest BCUT2D eigenvalue weighted by Crippen LogP contribution is -2.46. The fraction of sp³-hybridized carbons (Fsp3) is 0.750. The molecule has 72 valence electrons. The van der Waals surface area contributed by atoms with Gasteiger partial charge in [0.15, 0.2) is 0 Å². The zero-order valence-corrected chi connectivity index (χ0v) is 7.19. The van der Waals surface area contributed by atoms with E-state index in [1.165, 1.54) is 0 Å². The summed E-state index contributed by atoms with van der Waals surface area (Å²) in [5.41, 5.74) is 0. The summed E-state index contributed by atoms with van der Waals surface area (Å²) < 4.78 is 0. The minimum absolute atomic E-state index is 0.115. The van der Waals surface area contributed by atoms with Crippen LogP contribution in [0.1, 0.15) is 12.8 Å². The van der Waals surface area contributed by atoms with E-state index in [4.69, 9.17) is 5.11 Å². The largest absolute Gasteiger partial charge is 0.481 e. The van der Waals surface area contributed by atoms with Gasteiger partial charge in [-0.15, -0.1) is 0 Å². The van der Waals surface area contributed by atoms with Crippen molar-refractivity contribution < 1.29 is 14.7 Å². The van der Waals surface area contributed by atoms with E-state index < -0.39 is 5.97 Å². The molecule has 0 radical (unpaired) electrons. The monoisotopic (exact) mass is 184 g/mol. The Labute approximate surface area is 75.7 Å². The van der Waals surface area contributed by atoms with Crippen molar-refractivity contribution in [2.24, 2.45) is 5.92 Å². The van der Waals surface area contributed by atoms with E-state index in [0.29, 0.717) is 19.5 Å². The molecule has 0 aromatic rings. The first-order valence-corrected chi connectivity index (χ1v) is 4.47. The average Bonchev–Trinajstić information content (AvgIpc) is 2.48. The summed E-state index contributed by atoms with van der Waals surface area (Å²) in [5, 5.41) is 11.6. The van der Waals surface area contributed by atoms with Crippen LogP contribution in [0.4, 0.5) is 4.79 Å². The molecule has 0 bridgehead atoms. The van der Waals surface area contributed by atoms with Gasteiger partial charge in [0.05, 0.1) is 12.0 Å². The number of carbonyl (C=O) groups excluding carboxylic acids is 1. The number of aliphatic carboxylic acids is 1. The molecule has 0 spiro atoms. The normalized spacial score (nSPS) is 32.6. The fourth-order valence-corrected chi connectivity index (χ4v) is 2.14. The summed E-state index contributed by atoms with van der Waals surface area (Å²) in [6.07, 6.45) is 1.48. The molecule has 2 aliphatic rings. The number of rotatable bonds is 1. The molecule has 5 nitrogen and oxygen atoms in total. The molecule has 2 atom stereocenters. The number of hydrogen-bond donors (Lipinski definition) is 2. The lowest BCUT2D eigenvalue weighted by Gasteiger charge is -2.32. The summed E-state index contributed by atoms with van der Waals surface area (Å²) in [7, 11) is 0. The second-order valence-corrected chi connectivity index (χ2v) is 3.53. The SMILES string of the molecule is O=C(O)C1CCCN2C(=O)NCC12. The summed E-state index contributed by atoms with van der Waals surface area (Å²) in [4.78, 5) is 23.7. The van der Waals surface area contributed by atoms with Crippen molar-refractivity contribution in [1.29, 1.82) is 0 Å². The highest BCUT2D eigenvalue weighted by Gasteiger charge is 2.42. The Morgan fingerprint density at radius 2 is 2.38 bits per heavy atom. The average molecular weight is 184 g/mol. The minimum Gasteiger partial charge on any atom is -0.481 e. The van der Waals surface area contributed by atoms with Crippen molar-refractivity contribution >= 4 is 12.0 Å². The first kappa shape index (κ1) is 8.34. The molecule has 2 N–H and O–H groups in total. The molecule has 0 saturated carbocycles. The third-order valence-electron chi connectivity index (χ3n) is 2.82. The molecule has 2 fully saturated rings. The summed E-state index contributed by atoms with van der Waals surface area (Å²) in [6.45, 7) is 1.18. The maximum Gasteiger partial charge on any atom is 0.317 e. The number of carboxylic acids is 1. The molecule has 0 aromatic heterocycles. The number of carboxylic acid groups (broad SMARTS) is 1. The quantitative estimate of drug-likeness (QED) is 0.596. The highest BCUT2D eigenvalue weighted by atomic mass is 16.4. The van der Waals surface area contributed by atoms with Gasteiger partial charge in [-0.1, -0.05) is 0 Å². The molecule has 0 aliphatic carbocycles. The van der Waals surface area contributed by atoms with Crippen LogP contribution in [0.3, 0.4) is 0 Å². The van der Waals surface area contributed by atoms with Crippen LogP contribution >= 0.6 is 0 Å². The zero-order chi connectivity index (χ0) is 9.42. The minimum atomic E-state index is -0.786. The topological polar surface area (TPSA) is 69.6 Å². The Morgan fingerprint density at radius 3 is 3.08 bits per heavy atom. The molecule has 2 aliphatic heterocycles. The van der Waals surface area contributed by atoms with Gasteiger partial charge in [0.1, 0.15) is 0 Å². The van der Waals surface area contributed by atoms with E-state index in [1.54, 1.807) is 4.90 Å². The number of fused-ring (bicyclic) bond motifs is 1. The van der Waals surface area contributed by atoms with Crippen LogP contribution < -0.4 is 5.32 Å². The molecule has 0 aromatic carbocycles. The molecular weight excluding hydrogens is 172 g/mol. The van der Waals surface area contributed by atoms with Crippen LogP contribution in [0.5, 0.6) is 0 Å². The van der Waals surface area contributed by atoms with Crippen molar-refractivity contribution in [3.8, 4) is 0 Å². The lowest BCUT2D eigenvalue weighted by molar-refractivity contribution is -0.144. The van der Waals surface area contributed by atoms with E-state index in [2.05, 4.69) is 5.32 Å². The van der Waals surface area contributed by atoms with Crippen LogP contribution in [0.25, 0.3) is 0 Å². The molecule has 2 unspecified atom stereocenters. The molecular formula is C8H12N2O3. The van der Waals surface area contributed by atoms with Crippen molar-refractivity contribution in [2.75, 3.05) is 13.1 Å². The van der Waals surface area contributed by atoms with Crippen molar-refractivity contribution in [2.45, 2.75) is 18.9 Å². The number of carbonyl (C=O) groups is 2. The predicted molar refractivity (Wildman–Crippen MR) is 44.3 cm³/mol. The highest BCUT2D eigenvalue weighted by molar-refractivity contribution is 5.80. The van der Waals surface area contributed by atoms with Gasteiger partial charge in [-0.05, 0) is 12.8 Å². The van der Waals surface area contributed by atoms with E-state index in [-0.39, 0.29) is 18.0 Å². The van der Waals surface area contributed by atoms with Gasteiger partial charge in [0.25, 0.3) is 0 Å². The van der Waals surface area contributed by atoms with Crippen LogP contribution in [-0.2, 0) is 4.79 Å². The number of amides is 2. The first-order chi connectivity index (χ1) is 6.20. The molecule has 2 heterocycles. The van der Waals surface area contributed by atoms with Gasteiger partial charge in [-0.2, -0.15) is 0 Å². The summed E-state index contributed by atoms with van der Waals surface area (Å²) in [5.74, 6) is -1.17. The van der Waals surface area contributed by atoms with Crippen molar-refractivity contribution in [3.63, 3.8) is 0 Å². The zero-order valence-electron chi connectivity index (χ0n) is 7.19. The number of nitrogens with zero attached hydrogens (tertiary/aromatic N) is 1. The van der Waals surface area contributed by atoms with Gasteiger partial charge < -0.3 is 15.3 Å². The van der Waals surface area contributed by atoms with Crippen LogP contribution in [0.2, 0.25) is 0 Å². The summed E-state index contributed by atoms with van der Waals surface area (Å²) >= 11 is 0. The van der Waals surface area contributed by atoms with Gasteiger partial charge in [-0.25, -0.2) is 4.79 Å². The molecule has 5 heteroatoms. The van der Waals surface area contributed by atoms with Crippen LogP contribution in [-0.4, -0.2) is 41.1 Å². The Morgan fingerprint density at radius 1 is 1.62 bits per heavy atom. The molecule has 2 rings (SSSR count). The van der Waals surface area contributed by atoms with Gasteiger partial charge in [-0.3, -0.25) is 4.79 Å². The lowest BCUT2D eigenvalue weighted by atomic mass is 9.90. The molecule has 2 amide bonds. The first-order valence-electron chi connectivity index (χ1n) is 4.47. The third kappa shape index (κ3) is 1.24. The second-order valence-electron chi connectivity index (χ2n) is 3.53. The number of piperidine rings is 1. The fourth-order valence-electron chi connectivity index (χ4n) is 2.14. The van der Waals surface area contributed by atoms with Crippen molar-refractivity contribution in [3.05, 3.63) is 0 Å². The van der Waals surface area contributed by atoms with E-state index in [0.717, 1.165) is 6.42 Å². The van der Waals surface area contributed by atoms with E-state index in [9.17, 15) is 9.59 Å². The molecule has 2 saturated heterocycles. The Hall–Kier alpha value is -1.26. The highest BCUT2D eigenvalue weighted by Crippen LogP contribution is 2.26. The standard InChI is InChI=1S/C8H12N2O3/c11-7(12)5-2-1-3-10-6(5)4-9-8(10)13/h5-6H,1-4H2,(H,9,13)(H,11,12). The van der Waals surface area contributed by atoms with Gasteiger partial charge >= 0.3 is 12.0 Å². The number of urea groups is 1. The second kappa shape index (κ2) is 2.90. The Bertz CT molecular complexity index is 254. The maximum absolute atomic E-state index is 11.2. The van der Waals surface area contributed by atoms with E-state index in [1.807, 2.05) is 0 Å². The van der Waals surface area contributed by atoms with E-state index >= 15 is 0 Å². The molecule has 13 heavy (non-hydrogen) atoms.